The van der Waals surface area contributed by atoms with Crippen LogP contribution in [0.3, 0.4) is 0 Å². The molecule has 17 heavy (non-hydrogen) atoms. The van der Waals surface area contributed by atoms with Gasteiger partial charge in [-0.25, -0.2) is 4.98 Å². The quantitative estimate of drug-likeness (QED) is 0.861. The standard InChI is InChI=1S/C14H17N3/c15-8-14-12(2-1-5-16-14)9-17-13-7-10-3-4-11(13)6-10/h1-2,5,10-11,13,17H,3-4,6-7,9H2. The van der Waals surface area contributed by atoms with Crippen molar-refractivity contribution in [2.24, 2.45) is 11.8 Å². The molecule has 3 nitrogen and oxygen atoms in total. The molecule has 1 heterocycles. The lowest BCUT2D eigenvalue weighted by molar-refractivity contribution is 0.350. The fraction of sp³-hybridized carbons (Fsp3) is 0.571. The third kappa shape index (κ3) is 2.05. The smallest absolute Gasteiger partial charge is 0.144 e. The molecular weight excluding hydrogens is 210 g/mol. The highest BCUT2D eigenvalue weighted by molar-refractivity contribution is 5.30. The van der Waals surface area contributed by atoms with E-state index in [1.165, 1.54) is 25.7 Å². The molecule has 1 aromatic rings. The van der Waals surface area contributed by atoms with Gasteiger partial charge in [0.2, 0.25) is 0 Å². The first-order chi connectivity index (χ1) is 8.36. The topological polar surface area (TPSA) is 48.7 Å². The van der Waals surface area contributed by atoms with Gasteiger partial charge >= 0.3 is 0 Å². The Balaban J connectivity index is 1.63. The average Bonchev–Trinajstić information content (AvgIpc) is 2.98. The van der Waals surface area contributed by atoms with Crippen molar-refractivity contribution in [2.75, 3.05) is 0 Å². The average molecular weight is 227 g/mol. The highest BCUT2D eigenvalue weighted by atomic mass is 14.9. The number of rotatable bonds is 3. The molecule has 0 radical (unpaired) electrons. The van der Waals surface area contributed by atoms with Crippen molar-refractivity contribution in [2.45, 2.75) is 38.3 Å². The van der Waals surface area contributed by atoms with Gasteiger partial charge in [-0.3, -0.25) is 0 Å². The molecule has 2 aliphatic carbocycles. The number of aromatic nitrogens is 1. The zero-order valence-electron chi connectivity index (χ0n) is 9.89. The Morgan fingerprint density at radius 2 is 2.35 bits per heavy atom. The molecule has 0 saturated heterocycles. The molecule has 2 bridgehead atoms. The Morgan fingerprint density at radius 3 is 3.06 bits per heavy atom. The van der Waals surface area contributed by atoms with Gasteiger partial charge in [0, 0.05) is 24.3 Å². The first kappa shape index (κ1) is 10.7. The van der Waals surface area contributed by atoms with Gasteiger partial charge in [0.15, 0.2) is 0 Å². The minimum Gasteiger partial charge on any atom is -0.310 e. The SMILES string of the molecule is N#Cc1ncccc1CNC1CC2CCC1C2. The summed E-state index contributed by atoms with van der Waals surface area (Å²) in [6.07, 6.45) is 7.24. The number of nitrogens with one attached hydrogen (secondary N) is 1. The molecule has 1 N–H and O–H groups in total. The summed E-state index contributed by atoms with van der Waals surface area (Å²) in [5.41, 5.74) is 1.58. The van der Waals surface area contributed by atoms with Crippen LogP contribution in [0.4, 0.5) is 0 Å². The molecule has 88 valence electrons. The minimum absolute atomic E-state index is 0.558. The Hall–Kier alpha value is -1.40. The summed E-state index contributed by atoms with van der Waals surface area (Å²) >= 11 is 0. The first-order valence-corrected chi connectivity index (χ1v) is 6.44. The van der Waals surface area contributed by atoms with Crippen molar-refractivity contribution in [3.63, 3.8) is 0 Å². The second kappa shape index (κ2) is 4.46. The fourth-order valence-electron chi connectivity index (χ4n) is 3.42. The maximum atomic E-state index is 8.98. The molecule has 2 saturated carbocycles. The van der Waals surface area contributed by atoms with E-state index in [9.17, 15) is 0 Å². The van der Waals surface area contributed by atoms with Gasteiger partial charge in [0.05, 0.1) is 0 Å². The zero-order chi connectivity index (χ0) is 11.7. The number of nitriles is 1. The van der Waals surface area contributed by atoms with Crippen LogP contribution >= 0.6 is 0 Å². The van der Waals surface area contributed by atoms with Gasteiger partial charge in [-0.1, -0.05) is 12.5 Å². The molecule has 0 aromatic carbocycles. The van der Waals surface area contributed by atoms with Gasteiger partial charge in [-0.15, -0.1) is 0 Å². The molecule has 1 aromatic heterocycles. The van der Waals surface area contributed by atoms with E-state index >= 15 is 0 Å². The van der Waals surface area contributed by atoms with Crippen LogP contribution in [0.1, 0.15) is 36.9 Å². The van der Waals surface area contributed by atoms with E-state index < -0.39 is 0 Å². The van der Waals surface area contributed by atoms with E-state index in [0.29, 0.717) is 11.7 Å². The monoisotopic (exact) mass is 227 g/mol. The summed E-state index contributed by atoms with van der Waals surface area (Å²) in [4.78, 5) is 4.09. The van der Waals surface area contributed by atoms with E-state index in [4.69, 9.17) is 5.26 Å². The molecule has 3 heteroatoms. The highest BCUT2D eigenvalue weighted by Gasteiger charge is 2.38. The van der Waals surface area contributed by atoms with Crippen LogP contribution in [0, 0.1) is 23.2 Å². The van der Waals surface area contributed by atoms with E-state index in [-0.39, 0.29) is 0 Å². The number of pyridine rings is 1. The lowest BCUT2D eigenvalue weighted by Gasteiger charge is -2.23. The second-order valence-electron chi connectivity index (χ2n) is 5.29. The van der Waals surface area contributed by atoms with Crippen LogP contribution in [-0.4, -0.2) is 11.0 Å². The zero-order valence-corrected chi connectivity index (χ0v) is 9.89. The summed E-state index contributed by atoms with van der Waals surface area (Å²) in [5, 5.41) is 12.6. The summed E-state index contributed by atoms with van der Waals surface area (Å²) < 4.78 is 0. The molecule has 2 aliphatic rings. The normalized spacial score (nSPS) is 30.4. The molecule has 3 atom stereocenters. The molecule has 0 spiro atoms. The summed E-state index contributed by atoms with van der Waals surface area (Å²) in [6, 6.07) is 6.71. The maximum absolute atomic E-state index is 8.98. The van der Waals surface area contributed by atoms with Crippen molar-refractivity contribution >= 4 is 0 Å². The summed E-state index contributed by atoms with van der Waals surface area (Å²) in [5.74, 6) is 1.84. The molecular formula is C14H17N3. The van der Waals surface area contributed by atoms with Crippen LogP contribution in [0.2, 0.25) is 0 Å². The van der Waals surface area contributed by atoms with Crippen LogP contribution < -0.4 is 5.32 Å². The third-order valence-corrected chi connectivity index (χ3v) is 4.29. The fourth-order valence-corrected chi connectivity index (χ4v) is 3.42. The minimum atomic E-state index is 0.558. The Kier molecular flexibility index (Phi) is 2.82. The summed E-state index contributed by atoms with van der Waals surface area (Å²) in [7, 11) is 0. The van der Waals surface area contributed by atoms with E-state index in [1.54, 1.807) is 6.20 Å². The first-order valence-electron chi connectivity index (χ1n) is 6.44. The van der Waals surface area contributed by atoms with Crippen molar-refractivity contribution in [1.82, 2.24) is 10.3 Å². The predicted octanol–water partition coefficient (Wildman–Crippen LogP) is 2.23. The number of hydrogen-bond acceptors (Lipinski definition) is 3. The largest absolute Gasteiger partial charge is 0.310 e. The number of hydrogen-bond donors (Lipinski definition) is 1. The Bertz CT molecular complexity index is 449. The second-order valence-corrected chi connectivity index (χ2v) is 5.29. The van der Waals surface area contributed by atoms with Crippen LogP contribution in [0.25, 0.3) is 0 Å². The molecule has 2 fully saturated rings. The molecule has 0 amide bonds. The van der Waals surface area contributed by atoms with Crippen molar-refractivity contribution < 1.29 is 0 Å². The van der Waals surface area contributed by atoms with E-state index in [2.05, 4.69) is 16.4 Å². The highest BCUT2D eigenvalue weighted by Crippen LogP contribution is 2.44. The van der Waals surface area contributed by atoms with Crippen LogP contribution in [-0.2, 0) is 6.54 Å². The third-order valence-electron chi connectivity index (χ3n) is 4.29. The summed E-state index contributed by atoms with van der Waals surface area (Å²) in [6.45, 7) is 0.782. The predicted molar refractivity (Wildman–Crippen MR) is 65.0 cm³/mol. The Labute approximate surface area is 102 Å². The van der Waals surface area contributed by atoms with Gasteiger partial charge in [-0.05, 0) is 37.2 Å². The molecule has 0 aliphatic heterocycles. The van der Waals surface area contributed by atoms with Gasteiger partial charge in [0.1, 0.15) is 11.8 Å². The number of nitrogens with zero attached hydrogens (tertiary/aromatic N) is 2. The van der Waals surface area contributed by atoms with Gasteiger partial charge < -0.3 is 5.32 Å². The van der Waals surface area contributed by atoms with E-state index in [1.807, 2.05) is 12.1 Å². The van der Waals surface area contributed by atoms with Crippen LogP contribution in [0.5, 0.6) is 0 Å². The lowest BCUT2D eigenvalue weighted by Crippen LogP contribution is -2.33. The number of fused-ring (bicyclic) bond motifs is 2. The van der Waals surface area contributed by atoms with E-state index in [0.717, 1.165) is 23.9 Å². The van der Waals surface area contributed by atoms with Crippen molar-refractivity contribution in [3.8, 4) is 6.07 Å². The van der Waals surface area contributed by atoms with Gasteiger partial charge in [-0.2, -0.15) is 5.26 Å². The van der Waals surface area contributed by atoms with Gasteiger partial charge in [0.25, 0.3) is 0 Å². The van der Waals surface area contributed by atoms with Crippen molar-refractivity contribution in [1.29, 1.82) is 5.26 Å². The maximum Gasteiger partial charge on any atom is 0.144 e. The molecule has 3 unspecified atom stereocenters. The van der Waals surface area contributed by atoms with Crippen LogP contribution in [0.15, 0.2) is 18.3 Å². The van der Waals surface area contributed by atoms with Crippen molar-refractivity contribution in [3.05, 3.63) is 29.6 Å². The lowest BCUT2D eigenvalue weighted by atomic mass is 9.95. The molecule has 3 rings (SSSR count). The Morgan fingerprint density at radius 1 is 1.41 bits per heavy atom.